The average molecular weight is 308 g/mol. The Labute approximate surface area is 120 Å². The molecule has 2 aliphatic heterocycles. The highest BCUT2D eigenvalue weighted by Crippen LogP contribution is 2.20. The summed E-state index contributed by atoms with van der Waals surface area (Å²) in [6.45, 7) is 1.45. The number of carbonyl (C=O) groups is 2. The van der Waals surface area contributed by atoms with Crippen LogP contribution in [-0.2, 0) is 4.79 Å². The van der Waals surface area contributed by atoms with Crippen molar-refractivity contribution in [1.29, 1.82) is 0 Å². The van der Waals surface area contributed by atoms with Crippen LogP contribution in [0.2, 0.25) is 0 Å². The van der Waals surface area contributed by atoms with Gasteiger partial charge in [-0.1, -0.05) is 0 Å². The third-order valence-electron chi connectivity index (χ3n) is 3.67. The zero-order chi connectivity index (χ0) is 15.5. The van der Waals surface area contributed by atoms with E-state index in [9.17, 15) is 22.8 Å². The van der Waals surface area contributed by atoms with Gasteiger partial charge in [-0.3, -0.25) is 4.79 Å². The van der Waals surface area contributed by atoms with Crippen molar-refractivity contribution >= 4 is 11.9 Å². The van der Waals surface area contributed by atoms with Crippen molar-refractivity contribution in [1.82, 2.24) is 20.4 Å². The van der Waals surface area contributed by atoms with Crippen molar-refractivity contribution < 1.29 is 22.8 Å². The molecule has 9 heteroatoms. The minimum absolute atomic E-state index is 0.170. The molecule has 2 heterocycles. The number of amides is 3. The number of urea groups is 1. The lowest BCUT2D eigenvalue weighted by Crippen LogP contribution is -2.55. The van der Waals surface area contributed by atoms with E-state index in [-0.39, 0.29) is 5.91 Å². The van der Waals surface area contributed by atoms with Crippen molar-refractivity contribution in [2.24, 2.45) is 0 Å². The van der Waals surface area contributed by atoms with Crippen molar-refractivity contribution in [3.8, 4) is 0 Å². The number of alkyl halides is 3. The molecule has 1 unspecified atom stereocenters. The van der Waals surface area contributed by atoms with Gasteiger partial charge in [0.2, 0.25) is 5.91 Å². The number of halogens is 3. The van der Waals surface area contributed by atoms with Crippen LogP contribution in [0.15, 0.2) is 0 Å². The van der Waals surface area contributed by atoms with Gasteiger partial charge in [-0.05, 0) is 12.8 Å². The smallest absolute Gasteiger partial charge is 0.338 e. The minimum Gasteiger partial charge on any atom is -0.338 e. The van der Waals surface area contributed by atoms with Crippen LogP contribution >= 0.6 is 0 Å². The van der Waals surface area contributed by atoms with E-state index >= 15 is 0 Å². The summed E-state index contributed by atoms with van der Waals surface area (Å²) in [6, 6.07) is -1.46. The molecule has 0 aliphatic carbocycles. The molecule has 2 aliphatic rings. The zero-order valence-electron chi connectivity index (χ0n) is 11.6. The number of rotatable bonds is 2. The van der Waals surface area contributed by atoms with Crippen molar-refractivity contribution in [3.63, 3.8) is 0 Å². The van der Waals surface area contributed by atoms with E-state index in [1.807, 2.05) is 5.32 Å². The van der Waals surface area contributed by atoms with Crippen LogP contribution in [0.5, 0.6) is 0 Å². The number of piperazine rings is 1. The molecule has 0 radical (unpaired) electrons. The van der Waals surface area contributed by atoms with Crippen molar-refractivity contribution in [2.75, 3.05) is 39.3 Å². The molecule has 6 nitrogen and oxygen atoms in total. The lowest BCUT2D eigenvalue weighted by molar-refractivity contribution is -0.135. The van der Waals surface area contributed by atoms with Crippen LogP contribution in [0.4, 0.5) is 18.0 Å². The molecular formula is C12H19F3N4O2. The van der Waals surface area contributed by atoms with Gasteiger partial charge in [-0.25, -0.2) is 4.79 Å². The van der Waals surface area contributed by atoms with Gasteiger partial charge in [0.25, 0.3) is 0 Å². The third-order valence-corrected chi connectivity index (χ3v) is 3.67. The van der Waals surface area contributed by atoms with E-state index in [1.165, 1.54) is 4.90 Å². The summed E-state index contributed by atoms with van der Waals surface area (Å²) < 4.78 is 36.4. The first-order valence-electron chi connectivity index (χ1n) is 6.99. The van der Waals surface area contributed by atoms with Gasteiger partial charge in [0, 0.05) is 32.7 Å². The fourth-order valence-corrected chi connectivity index (χ4v) is 2.64. The Balaban J connectivity index is 1.92. The van der Waals surface area contributed by atoms with E-state index in [1.54, 1.807) is 4.90 Å². The van der Waals surface area contributed by atoms with Crippen LogP contribution in [0.25, 0.3) is 0 Å². The van der Waals surface area contributed by atoms with Gasteiger partial charge in [0.05, 0.1) is 0 Å². The van der Waals surface area contributed by atoms with E-state index in [0.717, 1.165) is 0 Å². The van der Waals surface area contributed by atoms with Gasteiger partial charge in [-0.2, -0.15) is 13.2 Å². The Morgan fingerprint density at radius 1 is 1.19 bits per heavy atom. The highest BCUT2D eigenvalue weighted by molar-refractivity contribution is 5.87. The SMILES string of the molecule is O=C(C1CCCN1C(=O)NCC(F)(F)F)N1CCNCC1. The summed E-state index contributed by atoms with van der Waals surface area (Å²) in [7, 11) is 0. The van der Waals surface area contributed by atoms with Crippen molar-refractivity contribution in [2.45, 2.75) is 25.1 Å². The molecule has 0 aromatic heterocycles. The largest absolute Gasteiger partial charge is 0.405 e. The fourth-order valence-electron chi connectivity index (χ4n) is 2.64. The first-order chi connectivity index (χ1) is 9.88. The quantitative estimate of drug-likeness (QED) is 0.763. The summed E-state index contributed by atoms with van der Waals surface area (Å²) in [4.78, 5) is 27.1. The van der Waals surface area contributed by atoms with E-state index in [0.29, 0.717) is 45.6 Å². The molecule has 3 amide bonds. The molecule has 0 aromatic carbocycles. The summed E-state index contributed by atoms with van der Waals surface area (Å²) >= 11 is 0. The molecule has 2 N–H and O–H groups in total. The molecule has 0 aromatic rings. The maximum absolute atomic E-state index is 12.4. The standard InChI is InChI=1S/C12H19F3N4O2/c13-12(14,15)8-17-11(21)19-5-1-2-9(19)10(20)18-6-3-16-4-7-18/h9,16H,1-8H2,(H,17,21). The predicted octanol–water partition coefficient (Wildman–Crippen LogP) is 0.154. The highest BCUT2D eigenvalue weighted by atomic mass is 19.4. The van der Waals surface area contributed by atoms with Gasteiger partial charge in [0.15, 0.2) is 0 Å². The normalized spacial score (nSPS) is 23.3. The van der Waals surface area contributed by atoms with Crippen LogP contribution in [0, 0.1) is 0 Å². The second-order valence-electron chi connectivity index (χ2n) is 5.20. The van der Waals surface area contributed by atoms with Gasteiger partial charge >= 0.3 is 12.2 Å². The monoisotopic (exact) mass is 308 g/mol. The maximum atomic E-state index is 12.4. The molecule has 0 spiro atoms. The van der Waals surface area contributed by atoms with E-state index in [4.69, 9.17) is 0 Å². The number of carbonyl (C=O) groups excluding carboxylic acids is 2. The van der Waals surface area contributed by atoms with Crippen molar-refractivity contribution in [3.05, 3.63) is 0 Å². The lowest BCUT2D eigenvalue weighted by atomic mass is 10.2. The topological polar surface area (TPSA) is 64.7 Å². The maximum Gasteiger partial charge on any atom is 0.405 e. The molecule has 0 bridgehead atoms. The highest BCUT2D eigenvalue weighted by Gasteiger charge is 2.38. The van der Waals surface area contributed by atoms with E-state index in [2.05, 4.69) is 5.32 Å². The Morgan fingerprint density at radius 2 is 1.86 bits per heavy atom. The second-order valence-corrected chi connectivity index (χ2v) is 5.20. The summed E-state index contributed by atoms with van der Waals surface area (Å²) in [5, 5.41) is 4.95. The summed E-state index contributed by atoms with van der Waals surface area (Å²) in [5.74, 6) is -0.170. The average Bonchev–Trinajstić information content (AvgIpc) is 2.93. The molecule has 0 saturated carbocycles. The molecule has 120 valence electrons. The van der Waals surface area contributed by atoms with Gasteiger partial charge in [-0.15, -0.1) is 0 Å². The number of nitrogens with zero attached hydrogens (tertiary/aromatic N) is 2. The Hall–Kier alpha value is -1.51. The molecular weight excluding hydrogens is 289 g/mol. The Kier molecular flexibility index (Phi) is 4.92. The van der Waals surface area contributed by atoms with Gasteiger partial charge < -0.3 is 20.4 Å². The molecule has 2 saturated heterocycles. The van der Waals surface area contributed by atoms with E-state index < -0.39 is 24.8 Å². The molecule has 21 heavy (non-hydrogen) atoms. The van der Waals surface area contributed by atoms with Crippen LogP contribution in [-0.4, -0.2) is 73.2 Å². The van der Waals surface area contributed by atoms with Crippen LogP contribution in [0.1, 0.15) is 12.8 Å². The predicted molar refractivity (Wildman–Crippen MR) is 68.6 cm³/mol. The Morgan fingerprint density at radius 3 is 2.48 bits per heavy atom. The number of hydrogen-bond donors (Lipinski definition) is 2. The first-order valence-corrected chi connectivity index (χ1v) is 6.99. The van der Waals surface area contributed by atoms with Crippen LogP contribution < -0.4 is 10.6 Å². The second kappa shape index (κ2) is 6.50. The Bertz CT molecular complexity index is 396. The summed E-state index contributed by atoms with van der Waals surface area (Å²) in [6.07, 6.45) is -3.32. The fraction of sp³-hybridized carbons (Fsp3) is 0.833. The minimum atomic E-state index is -4.45. The number of hydrogen-bond acceptors (Lipinski definition) is 3. The zero-order valence-corrected chi connectivity index (χ0v) is 11.6. The number of nitrogens with one attached hydrogen (secondary N) is 2. The molecule has 2 fully saturated rings. The van der Waals surface area contributed by atoms with Gasteiger partial charge in [0.1, 0.15) is 12.6 Å². The van der Waals surface area contributed by atoms with Crippen LogP contribution in [0.3, 0.4) is 0 Å². The number of likely N-dealkylation sites (tertiary alicyclic amines) is 1. The first kappa shape index (κ1) is 15.9. The molecule has 1 atom stereocenters. The lowest BCUT2D eigenvalue weighted by Gasteiger charge is -2.33. The molecule has 2 rings (SSSR count). The third kappa shape index (κ3) is 4.23. The summed E-state index contributed by atoms with van der Waals surface area (Å²) in [5.41, 5.74) is 0.